The first-order valence-electron chi connectivity index (χ1n) is 11.8. The first-order valence-corrected chi connectivity index (χ1v) is 14.3. The van der Waals surface area contributed by atoms with E-state index in [0.29, 0.717) is 6.42 Å². The SMILES string of the molecule is Nc1ncnc2c1ncn2[C@@H]1O[C@H](CNS(=O)(=O)NC(=O)NCCC[C@@H]2SC[C@@H]3NC(=O)N[C@@H]32)C(O)[C@@H]1O. The van der Waals surface area contributed by atoms with Gasteiger partial charge in [-0.3, -0.25) is 4.57 Å². The van der Waals surface area contributed by atoms with Crippen LogP contribution in [0.15, 0.2) is 12.7 Å². The molecule has 0 aromatic carbocycles. The Morgan fingerprint density at radius 1 is 1.26 bits per heavy atom. The number of nitrogens with two attached hydrogens (primary N) is 1. The number of thioether (sulfide) groups is 1. The Hall–Kier alpha value is -2.97. The van der Waals surface area contributed by atoms with E-state index in [-0.39, 0.29) is 46.9 Å². The molecule has 3 fully saturated rings. The van der Waals surface area contributed by atoms with Crippen molar-refractivity contribution in [3.05, 3.63) is 12.7 Å². The summed E-state index contributed by atoms with van der Waals surface area (Å²) in [5.74, 6) is 0.950. The highest BCUT2D eigenvalue weighted by Gasteiger charge is 2.45. The number of nitrogens with one attached hydrogen (secondary N) is 5. The highest BCUT2D eigenvalue weighted by atomic mass is 32.2. The molecule has 2 aromatic rings. The molecule has 5 heterocycles. The second-order valence-electron chi connectivity index (χ2n) is 9.10. The Kier molecular flexibility index (Phi) is 7.47. The van der Waals surface area contributed by atoms with Crippen molar-refractivity contribution in [3.63, 3.8) is 0 Å². The summed E-state index contributed by atoms with van der Waals surface area (Å²) in [4.78, 5) is 35.5. The van der Waals surface area contributed by atoms with Crippen LogP contribution in [0.2, 0.25) is 0 Å². The first-order chi connectivity index (χ1) is 18.1. The molecule has 1 unspecified atom stereocenters. The number of anilines is 1. The second-order valence-corrected chi connectivity index (χ2v) is 11.9. The average molecular weight is 573 g/mol. The number of hydrogen-bond acceptors (Lipinski definition) is 12. The Morgan fingerprint density at radius 3 is 2.89 bits per heavy atom. The molecule has 208 valence electrons. The van der Waals surface area contributed by atoms with Gasteiger partial charge in [-0.25, -0.2) is 29.3 Å². The van der Waals surface area contributed by atoms with Crippen LogP contribution in [0.4, 0.5) is 15.4 Å². The maximum Gasteiger partial charge on any atom is 0.329 e. The van der Waals surface area contributed by atoms with Crippen molar-refractivity contribution in [2.24, 2.45) is 0 Å². The summed E-state index contributed by atoms with van der Waals surface area (Å²) in [6.45, 7) is -0.190. The van der Waals surface area contributed by atoms with Crippen LogP contribution in [-0.2, 0) is 14.9 Å². The van der Waals surface area contributed by atoms with Gasteiger partial charge in [0.25, 0.3) is 0 Å². The summed E-state index contributed by atoms with van der Waals surface area (Å²) in [5.41, 5.74) is 6.32. The predicted molar refractivity (Wildman–Crippen MR) is 134 cm³/mol. The van der Waals surface area contributed by atoms with E-state index in [4.69, 9.17) is 10.5 Å². The van der Waals surface area contributed by atoms with Crippen molar-refractivity contribution in [1.29, 1.82) is 0 Å². The molecular weight excluding hydrogens is 544 g/mol. The lowest BCUT2D eigenvalue weighted by molar-refractivity contribution is -0.0330. The van der Waals surface area contributed by atoms with Gasteiger partial charge in [0, 0.05) is 24.1 Å². The number of hydrogen-bond donors (Lipinski definition) is 8. The minimum Gasteiger partial charge on any atom is -0.387 e. The molecule has 38 heavy (non-hydrogen) atoms. The normalized spacial score (nSPS) is 30.7. The lowest BCUT2D eigenvalue weighted by atomic mass is 10.0. The van der Waals surface area contributed by atoms with Gasteiger partial charge >= 0.3 is 22.3 Å². The number of nitrogens with zero attached hydrogens (tertiary/aromatic N) is 4. The standard InChI is InChI=1S/C19H28N10O7S2/c20-15-12-16(23-6-22-15)29(7-24-12)17-14(31)13(30)9(36-17)4-25-38(34,35)28-18(32)21-3-1-2-10-11-8(5-37-10)26-19(33)27-11/h6-11,13-14,17,25,30-31H,1-5H2,(H2,20,22,23)(H2,21,28,32)(H2,26,27,33)/t8-,9+,10-,11-,13?,14-,17+/m0/s1. The van der Waals surface area contributed by atoms with Crippen LogP contribution in [0.25, 0.3) is 11.2 Å². The number of ether oxygens (including phenoxy) is 1. The summed E-state index contributed by atoms with van der Waals surface area (Å²) < 4.78 is 35.7. The Bertz CT molecular complexity index is 1310. The van der Waals surface area contributed by atoms with Gasteiger partial charge < -0.3 is 36.6 Å². The third kappa shape index (κ3) is 5.43. The molecule has 2 aromatic heterocycles. The molecular formula is C19H28N10O7S2. The highest BCUT2D eigenvalue weighted by molar-refractivity contribution is 8.00. The molecule has 7 atom stereocenters. The quantitative estimate of drug-likeness (QED) is 0.111. The molecule has 4 amide bonds. The number of aliphatic hydroxyl groups excluding tert-OH is 2. The van der Waals surface area contributed by atoms with Gasteiger partial charge in [0.2, 0.25) is 0 Å². The van der Waals surface area contributed by atoms with Crippen molar-refractivity contribution >= 4 is 51.0 Å². The van der Waals surface area contributed by atoms with Crippen LogP contribution in [-0.4, -0.2) is 105 Å². The highest BCUT2D eigenvalue weighted by Crippen LogP contribution is 2.33. The predicted octanol–water partition coefficient (Wildman–Crippen LogP) is -2.89. The molecule has 19 heteroatoms. The van der Waals surface area contributed by atoms with E-state index >= 15 is 0 Å². The van der Waals surface area contributed by atoms with Crippen LogP contribution in [0.3, 0.4) is 0 Å². The van der Waals surface area contributed by atoms with E-state index in [2.05, 4.69) is 35.6 Å². The lowest BCUT2D eigenvalue weighted by Crippen LogP contribution is -2.48. The maximum atomic E-state index is 12.3. The number of imidazole rings is 1. The summed E-state index contributed by atoms with van der Waals surface area (Å²) >= 11 is 1.75. The third-order valence-electron chi connectivity index (χ3n) is 6.59. The topological polar surface area (TPSA) is 248 Å². The van der Waals surface area contributed by atoms with Crippen molar-refractivity contribution in [2.45, 2.75) is 54.7 Å². The minimum atomic E-state index is -4.29. The largest absolute Gasteiger partial charge is 0.387 e. The zero-order valence-electron chi connectivity index (χ0n) is 19.9. The molecule has 0 radical (unpaired) electrons. The number of aromatic nitrogens is 4. The second kappa shape index (κ2) is 10.7. The summed E-state index contributed by atoms with van der Waals surface area (Å²) in [6.07, 6.45) is -1.24. The van der Waals surface area contributed by atoms with E-state index in [1.165, 1.54) is 17.2 Å². The smallest absolute Gasteiger partial charge is 0.329 e. The van der Waals surface area contributed by atoms with Gasteiger partial charge in [-0.05, 0) is 12.8 Å². The van der Waals surface area contributed by atoms with Gasteiger partial charge in [-0.15, -0.1) is 0 Å². The zero-order valence-corrected chi connectivity index (χ0v) is 21.5. The molecule has 9 N–H and O–H groups in total. The fourth-order valence-electron chi connectivity index (χ4n) is 4.72. The number of fused-ring (bicyclic) bond motifs is 2. The summed E-state index contributed by atoms with van der Waals surface area (Å²) in [7, 11) is -4.29. The van der Waals surface area contributed by atoms with E-state index in [9.17, 15) is 28.2 Å². The molecule has 0 spiro atoms. The molecule has 3 aliphatic heterocycles. The maximum absolute atomic E-state index is 12.3. The van der Waals surface area contributed by atoms with Gasteiger partial charge in [0.05, 0.1) is 18.4 Å². The Labute approximate surface area is 220 Å². The van der Waals surface area contributed by atoms with E-state index in [0.717, 1.165) is 12.2 Å². The van der Waals surface area contributed by atoms with Crippen molar-refractivity contribution < 1.29 is 33.0 Å². The van der Waals surface area contributed by atoms with Crippen LogP contribution < -0.4 is 31.1 Å². The van der Waals surface area contributed by atoms with Crippen molar-refractivity contribution in [2.75, 3.05) is 24.6 Å². The molecule has 0 bridgehead atoms. The van der Waals surface area contributed by atoms with Gasteiger partial charge in [0.1, 0.15) is 30.2 Å². The number of rotatable bonds is 9. The number of amides is 4. The van der Waals surface area contributed by atoms with Crippen molar-refractivity contribution in [1.82, 2.24) is 44.9 Å². The lowest BCUT2D eigenvalue weighted by Gasteiger charge is -2.17. The van der Waals surface area contributed by atoms with Gasteiger partial charge in [-0.2, -0.15) is 24.9 Å². The number of nitrogen functional groups attached to an aromatic ring is 1. The Morgan fingerprint density at radius 2 is 2.08 bits per heavy atom. The van der Waals surface area contributed by atoms with Gasteiger partial charge in [0.15, 0.2) is 17.7 Å². The summed E-state index contributed by atoms with van der Waals surface area (Å²) in [5, 5.41) is 29.4. The van der Waals surface area contributed by atoms with Crippen LogP contribution in [0.1, 0.15) is 19.1 Å². The molecule has 0 aliphatic carbocycles. The van der Waals surface area contributed by atoms with E-state index in [1.807, 2.05) is 4.72 Å². The van der Waals surface area contributed by atoms with Crippen LogP contribution >= 0.6 is 11.8 Å². The number of carbonyl (C=O) groups is 2. The number of urea groups is 2. The fraction of sp³-hybridized carbons (Fsp3) is 0.632. The summed E-state index contributed by atoms with van der Waals surface area (Å²) in [6, 6.07) is -0.929. The van der Waals surface area contributed by atoms with Crippen LogP contribution in [0, 0.1) is 0 Å². The van der Waals surface area contributed by atoms with Crippen LogP contribution in [0.5, 0.6) is 0 Å². The van der Waals surface area contributed by atoms with E-state index < -0.39 is 47.3 Å². The number of aliphatic hydroxyl groups is 2. The van der Waals surface area contributed by atoms with Gasteiger partial charge in [-0.1, -0.05) is 0 Å². The average Bonchev–Trinajstić information content (AvgIpc) is 3.61. The van der Waals surface area contributed by atoms with E-state index in [1.54, 1.807) is 11.8 Å². The molecule has 3 saturated heterocycles. The molecule has 0 saturated carbocycles. The fourth-order valence-corrected chi connectivity index (χ4v) is 7.03. The molecule has 3 aliphatic rings. The monoisotopic (exact) mass is 572 g/mol. The van der Waals surface area contributed by atoms with Crippen molar-refractivity contribution in [3.8, 4) is 0 Å². The molecule has 17 nitrogen and oxygen atoms in total. The zero-order chi connectivity index (χ0) is 27.0. The Balaban J connectivity index is 1.07. The first kappa shape index (κ1) is 26.6. The molecule has 5 rings (SSSR count). The third-order valence-corrected chi connectivity index (χ3v) is 9.10. The minimum absolute atomic E-state index is 0.0519. The number of carbonyl (C=O) groups excluding carboxylic acids is 2.